The molecular formula is C18H27ClN3O3S+. The van der Waals surface area contributed by atoms with Crippen molar-refractivity contribution in [2.45, 2.75) is 56.0 Å². The summed E-state index contributed by atoms with van der Waals surface area (Å²) < 4.78 is 27.5. The Morgan fingerprint density at radius 1 is 1.19 bits per heavy atom. The Morgan fingerprint density at radius 2 is 1.88 bits per heavy atom. The number of carbonyl (C=O) groups excluding carboxylic acids is 1. The van der Waals surface area contributed by atoms with Crippen molar-refractivity contribution >= 4 is 27.5 Å². The summed E-state index contributed by atoms with van der Waals surface area (Å²) in [6.45, 7) is 5.48. The smallest absolute Gasteiger partial charge is 0.251 e. The van der Waals surface area contributed by atoms with Gasteiger partial charge in [-0.1, -0.05) is 18.5 Å². The van der Waals surface area contributed by atoms with E-state index in [0.29, 0.717) is 5.56 Å². The molecule has 0 spiro atoms. The summed E-state index contributed by atoms with van der Waals surface area (Å²) >= 11 is 6.07. The summed E-state index contributed by atoms with van der Waals surface area (Å²) in [7, 11) is -3.70. The fourth-order valence-electron chi connectivity index (χ4n) is 3.38. The lowest BCUT2D eigenvalue weighted by Crippen LogP contribution is -3.13. The van der Waals surface area contributed by atoms with E-state index >= 15 is 0 Å². The lowest BCUT2D eigenvalue weighted by Gasteiger charge is -2.29. The highest BCUT2D eigenvalue weighted by atomic mass is 35.5. The van der Waals surface area contributed by atoms with E-state index in [1.54, 1.807) is 11.0 Å². The Hall–Kier alpha value is -1.15. The van der Waals surface area contributed by atoms with Crippen molar-refractivity contribution in [1.29, 1.82) is 0 Å². The van der Waals surface area contributed by atoms with Crippen molar-refractivity contribution in [3.8, 4) is 0 Å². The molecule has 0 radical (unpaired) electrons. The van der Waals surface area contributed by atoms with E-state index < -0.39 is 10.0 Å². The maximum atomic E-state index is 12.6. The lowest BCUT2D eigenvalue weighted by molar-refractivity contribution is -0.905. The highest BCUT2D eigenvalue weighted by molar-refractivity contribution is 7.89. The minimum Gasteiger partial charge on any atom is -0.349 e. The Kier molecular flexibility index (Phi) is 6.22. The van der Waals surface area contributed by atoms with Gasteiger partial charge in [-0.15, -0.1) is 0 Å². The Bertz CT molecular complexity index is 757. The third-order valence-corrected chi connectivity index (χ3v) is 7.02. The molecule has 0 bridgehead atoms. The predicted molar refractivity (Wildman–Crippen MR) is 101 cm³/mol. The van der Waals surface area contributed by atoms with E-state index in [1.807, 2.05) is 0 Å². The summed E-state index contributed by atoms with van der Waals surface area (Å²) in [5, 5.41) is 3.17. The minimum absolute atomic E-state index is 0.00986. The molecule has 0 atom stereocenters. The van der Waals surface area contributed by atoms with Gasteiger partial charge in [0.2, 0.25) is 10.0 Å². The molecule has 2 aliphatic rings. The fourth-order valence-corrected chi connectivity index (χ4v) is 5.21. The Labute approximate surface area is 160 Å². The molecule has 1 aliphatic heterocycles. The molecule has 1 aromatic carbocycles. The molecule has 1 aliphatic carbocycles. The molecule has 6 nitrogen and oxygen atoms in total. The minimum atomic E-state index is -3.70. The van der Waals surface area contributed by atoms with E-state index in [1.165, 1.54) is 25.1 Å². The SMILES string of the molecule is CCC[NH+]1CCC(NC(=O)c2ccc(Cl)c(S(=O)(=O)NC3CC3)c2)CC1. The zero-order valence-corrected chi connectivity index (χ0v) is 16.6. The van der Waals surface area contributed by atoms with Crippen LogP contribution in [0.5, 0.6) is 0 Å². The standard InChI is InChI=1S/C18H26ClN3O3S/c1-2-9-22-10-7-14(8-11-22)20-18(23)13-3-6-16(19)17(12-13)26(24,25)21-15-4-5-15/h3,6,12,14-15,21H,2,4-5,7-11H2,1H3,(H,20,23)/p+1. The number of nitrogens with one attached hydrogen (secondary N) is 3. The number of hydrogen-bond acceptors (Lipinski definition) is 3. The highest BCUT2D eigenvalue weighted by Gasteiger charge is 2.30. The summed E-state index contributed by atoms with van der Waals surface area (Å²) in [5.41, 5.74) is 0.328. The van der Waals surface area contributed by atoms with Crippen LogP contribution < -0.4 is 14.9 Å². The molecule has 1 heterocycles. The van der Waals surface area contributed by atoms with Gasteiger partial charge in [-0.3, -0.25) is 4.79 Å². The second-order valence-electron chi connectivity index (χ2n) is 7.29. The van der Waals surface area contributed by atoms with Gasteiger partial charge in [0.1, 0.15) is 4.90 Å². The number of halogens is 1. The van der Waals surface area contributed by atoms with Crippen LogP contribution in [0.3, 0.4) is 0 Å². The van der Waals surface area contributed by atoms with Crippen LogP contribution in [-0.4, -0.2) is 46.0 Å². The van der Waals surface area contributed by atoms with Crippen molar-refractivity contribution < 1.29 is 18.1 Å². The largest absolute Gasteiger partial charge is 0.349 e. The molecule has 144 valence electrons. The van der Waals surface area contributed by atoms with Gasteiger partial charge in [-0.05, 0) is 37.5 Å². The van der Waals surface area contributed by atoms with Gasteiger partial charge in [0.15, 0.2) is 0 Å². The second kappa shape index (κ2) is 8.25. The summed E-state index contributed by atoms with van der Waals surface area (Å²) in [6, 6.07) is 4.56. The van der Waals surface area contributed by atoms with Crippen molar-refractivity contribution in [3.63, 3.8) is 0 Å². The summed E-state index contributed by atoms with van der Waals surface area (Å²) in [5.74, 6) is -0.242. The first kappa shape index (κ1) is 19.6. The Balaban J connectivity index is 1.65. The van der Waals surface area contributed by atoms with Gasteiger partial charge in [-0.2, -0.15) is 0 Å². The predicted octanol–water partition coefficient (Wildman–Crippen LogP) is 0.968. The molecule has 1 aromatic rings. The van der Waals surface area contributed by atoms with Gasteiger partial charge in [0, 0.05) is 30.5 Å². The molecule has 2 fully saturated rings. The van der Waals surface area contributed by atoms with Gasteiger partial charge in [0.25, 0.3) is 5.91 Å². The number of sulfonamides is 1. The molecule has 3 rings (SSSR count). The number of piperidine rings is 1. The highest BCUT2D eigenvalue weighted by Crippen LogP contribution is 2.27. The number of quaternary nitrogens is 1. The quantitative estimate of drug-likeness (QED) is 0.638. The first-order valence-corrected chi connectivity index (χ1v) is 11.2. The Morgan fingerprint density at radius 3 is 2.50 bits per heavy atom. The van der Waals surface area contributed by atoms with Crippen LogP contribution in [0.15, 0.2) is 23.1 Å². The number of hydrogen-bond donors (Lipinski definition) is 3. The van der Waals surface area contributed by atoms with Crippen LogP contribution in [0.4, 0.5) is 0 Å². The third-order valence-electron chi connectivity index (χ3n) is 5.01. The van der Waals surface area contributed by atoms with Crippen molar-refractivity contribution in [2.75, 3.05) is 19.6 Å². The van der Waals surface area contributed by atoms with E-state index in [0.717, 1.165) is 38.8 Å². The van der Waals surface area contributed by atoms with Crippen LogP contribution in [0, 0.1) is 0 Å². The maximum Gasteiger partial charge on any atom is 0.251 e. The zero-order chi connectivity index (χ0) is 18.7. The molecule has 1 saturated heterocycles. The average Bonchev–Trinajstić information content (AvgIpc) is 3.40. The lowest BCUT2D eigenvalue weighted by atomic mass is 10.0. The molecule has 0 unspecified atom stereocenters. The van der Waals surface area contributed by atoms with Gasteiger partial charge in [-0.25, -0.2) is 13.1 Å². The van der Waals surface area contributed by atoms with Crippen molar-refractivity contribution in [1.82, 2.24) is 10.0 Å². The molecule has 0 aromatic heterocycles. The molecule has 1 saturated carbocycles. The molecule has 8 heteroatoms. The first-order valence-electron chi connectivity index (χ1n) is 9.35. The van der Waals surface area contributed by atoms with Crippen LogP contribution in [0.1, 0.15) is 49.4 Å². The zero-order valence-electron chi connectivity index (χ0n) is 15.1. The molecule has 26 heavy (non-hydrogen) atoms. The molecular weight excluding hydrogens is 374 g/mol. The van der Waals surface area contributed by atoms with E-state index in [4.69, 9.17) is 11.6 Å². The van der Waals surface area contributed by atoms with Crippen molar-refractivity contribution in [3.05, 3.63) is 28.8 Å². The van der Waals surface area contributed by atoms with Crippen LogP contribution in [-0.2, 0) is 10.0 Å². The van der Waals surface area contributed by atoms with Crippen molar-refractivity contribution in [2.24, 2.45) is 0 Å². The molecule has 3 N–H and O–H groups in total. The topological polar surface area (TPSA) is 79.7 Å². The number of likely N-dealkylation sites (tertiary alicyclic amines) is 1. The normalized spacial score (nSPS) is 23.6. The monoisotopic (exact) mass is 400 g/mol. The second-order valence-corrected chi connectivity index (χ2v) is 9.38. The first-order chi connectivity index (χ1) is 12.4. The van der Waals surface area contributed by atoms with Crippen LogP contribution >= 0.6 is 11.6 Å². The van der Waals surface area contributed by atoms with Gasteiger partial charge < -0.3 is 10.2 Å². The average molecular weight is 401 g/mol. The number of amides is 1. The maximum absolute atomic E-state index is 12.6. The van der Waals surface area contributed by atoms with E-state index in [9.17, 15) is 13.2 Å². The van der Waals surface area contributed by atoms with Crippen LogP contribution in [0.25, 0.3) is 0 Å². The van der Waals surface area contributed by atoms with E-state index in [2.05, 4.69) is 17.0 Å². The molecule has 1 amide bonds. The summed E-state index contributed by atoms with van der Waals surface area (Å²) in [4.78, 5) is 14.1. The number of carbonyl (C=O) groups is 1. The third kappa shape index (κ3) is 4.97. The van der Waals surface area contributed by atoms with E-state index in [-0.39, 0.29) is 27.9 Å². The number of benzene rings is 1. The van der Waals surface area contributed by atoms with Gasteiger partial charge >= 0.3 is 0 Å². The summed E-state index contributed by atoms with van der Waals surface area (Å²) in [6.07, 6.45) is 4.75. The van der Waals surface area contributed by atoms with Crippen LogP contribution in [0.2, 0.25) is 5.02 Å². The fraction of sp³-hybridized carbons (Fsp3) is 0.611. The van der Waals surface area contributed by atoms with Gasteiger partial charge in [0.05, 0.1) is 24.7 Å². The number of rotatable bonds is 7.